The number of fused-ring (bicyclic) bond motifs is 2. The number of nitrogens with zero attached hydrogens (tertiary/aromatic N) is 1. The predicted molar refractivity (Wildman–Crippen MR) is 131 cm³/mol. The Morgan fingerprint density at radius 2 is 1.91 bits per heavy atom. The largest absolute Gasteiger partial charge is 0.504 e. The molecule has 176 valence electrons. The molecule has 0 aliphatic carbocycles. The van der Waals surface area contributed by atoms with E-state index in [1.807, 2.05) is 6.07 Å². The van der Waals surface area contributed by atoms with Crippen LogP contribution < -0.4 is 5.73 Å². The molecule has 0 radical (unpaired) electrons. The van der Waals surface area contributed by atoms with Gasteiger partial charge in [0.05, 0.1) is 12.2 Å². The Hall–Kier alpha value is -2.54. The Morgan fingerprint density at radius 1 is 1.12 bits per heavy atom. The zero-order chi connectivity index (χ0) is 22.9. The van der Waals surface area contributed by atoms with E-state index in [2.05, 4.69) is 41.1 Å². The summed E-state index contributed by atoms with van der Waals surface area (Å²) in [6.07, 6.45) is 4.88. The summed E-state index contributed by atoms with van der Waals surface area (Å²) in [5.41, 5.74) is 11.7. The highest BCUT2D eigenvalue weighted by Gasteiger charge is 2.35. The van der Waals surface area contributed by atoms with E-state index in [4.69, 9.17) is 10.5 Å². The number of para-hydroxylation sites is 1. The first-order valence-corrected chi connectivity index (χ1v) is 12.2. The first-order valence-electron chi connectivity index (χ1n) is 12.2. The fraction of sp³-hybridized carbons (Fsp3) is 0.481. The van der Waals surface area contributed by atoms with Crippen LogP contribution in [0.4, 0.5) is 0 Å². The molecule has 33 heavy (non-hydrogen) atoms. The summed E-state index contributed by atoms with van der Waals surface area (Å²) in [5.74, 6) is 0.371. The Morgan fingerprint density at radius 3 is 2.70 bits per heavy atom. The molecule has 1 saturated heterocycles. The van der Waals surface area contributed by atoms with Gasteiger partial charge in [-0.1, -0.05) is 24.3 Å². The van der Waals surface area contributed by atoms with Gasteiger partial charge in [0, 0.05) is 35.1 Å². The van der Waals surface area contributed by atoms with E-state index in [-0.39, 0.29) is 23.7 Å². The third-order valence-corrected chi connectivity index (χ3v) is 7.69. The van der Waals surface area contributed by atoms with Gasteiger partial charge in [-0.05, 0) is 81.4 Å². The lowest BCUT2D eigenvalue weighted by Gasteiger charge is -2.40. The van der Waals surface area contributed by atoms with Crippen molar-refractivity contribution in [3.05, 3.63) is 58.8 Å². The second kappa shape index (κ2) is 9.37. The molecule has 0 spiro atoms. The van der Waals surface area contributed by atoms with E-state index in [9.17, 15) is 10.2 Å². The van der Waals surface area contributed by atoms with E-state index in [0.717, 1.165) is 56.4 Å². The molecule has 5 rings (SSSR count). The number of benzene rings is 2. The van der Waals surface area contributed by atoms with Crippen LogP contribution in [0, 0.1) is 12.8 Å². The van der Waals surface area contributed by atoms with Crippen LogP contribution in [0.25, 0.3) is 10.9 Å². The highest BCUT2D eigenvalue weighted by Crippen LogP contribution is 2.42. The van der Waals surface area contributed by atoms with Gasteiger partial charge in [0.15, 0.2) is 11.5 Å². The van der Waals surface area contributed by atoms with E-state index >= 15 is 0 Å². The molecule has 2 aliphatic heterocycles. The van der Waals surface area contributed by atoms with Crippen molar-refractivity contribution in [2.24, 2.45) is 11.7 Å². The van der Waals surface area contributed by atoms with Crippen molar-refractivity contribution < 1.29 is 14.9 Å². The summed E-state index contributed by atoms with van der Waals surface area (Å²) in [4.78, 5) is 6.08. The summed E-state index contributed by atoms with van der Waals surface area (Å²) < 4.78 is 6.38. The number of rotatable bonds is 6. The number of aromatic hydroxyl groups is 2. The highest BCUT2D eigenvalue weighted by atomic mass is 16.5. The molecule has 3 aromatic rings. The number of piperidine rings is 1. The topological polar surface area (TPSA) is 94.7 Å². The molecular weight excluding hydrogens is 414 g/mol. The minimum Gasteiger partial charge on any atom is -0.504 e. The number of nitrogens with one attached hydrogen (secondary N) is 1. The lowest BCUT2D eigenvalue weighted by Crippen LogP contribution is -2.42. The quantitative estimate of drug-likeness (QED) is 0.424. The minimum absolute atomic E-state index is 0.00994. The number of phenolic OH excluding ortho intramolecular Hbond substituents is 2. The molecule has 6 heteroatoms. The number of nitrogens with two attached hydrogens (primary N) is 1. The smallest absolute Gasteiger partial charge is 0.161 e. The van der Waals surface area contributed by atoms with E-state index in [1.165, 1.54) is 28.2 Å². The zero-order valence-electron chi connectivity index (χ0n) is 19.4. The fourth-order valence-electron chi connectivity index (χ4n) is 5.83. The van der Waals surface area contributed by atoms with Crippen LogP contribution in [-0.4, -0.2) is 52.4 Å². The van der Waals surface area contributed by atoms with Gasteiger partial charge in [0.1, 0.15) is 0 Å². The van der Waals surface area contributed by atoms with Crippen LogP contribution in [-0.2, 0) is 17.6 Å². The van der Waals surface area contributed by atoms with Crippen molar-refractivity contribution >= 4 is 10.9 Å². The molecule has 1 aromatic heterocycles. The van der Waals surface area contributed by atoms with Crippen LogP contribution >= 0.6 is 0 Å². The van der Waals surface area contributed by atoms with E-state index < -0.39 is 0 Å². The van der Waals surface area contributed by atoms with Crippen LogP contribution in [0.2, 0.25) is 0 Å². The molecule has 2 aromatic carbocycles. The normalized spacial score (nSPS) is 22.0. The average Bonchev–Trinajstić information content (AvgIpc) is 3.16. The second-order valence-corrected chi connectivity index (χ2v) is 9.66. The maximum Gasteiger partial charge on any atom is 0.161 e. The third-order valence-electron chi connectivity index (χ3n) is 7.69. The molecule has 5 N–H and O–H groups in total. The summed E-state index contributed by atoms with van der Waals surface area (Å²) >= 11 is 0. The number of likely N-dealkylation sites (tertiary alicyclic amines) is 1. The van der Waals surface area contributed by atoms with Gasteiger partial charge in [0.25, 0.3) is 0 Å². The van der Waals surface area contributed by atoms with Crippen LogP contribution in [0.3, 0.4) is 0 Å². The van der Waals surface area contributed by atoms with Gasteiger partial charge in [0.2, 0.25) is 0 Å². The molecule has 3 heterocycles. The van der Waals surface area contributed by atoms with Gasteiger partial charge in [-0.2, -0.15) is 0 Å². The average molecular weight is 450 g/mol. The van der Waals surface area contributed by atoms with E-state index in [0.29, 0.717) is 18.9 Å². The SMILES string of the molecule is Cc1[nH]c2ccccc2c1CCCN1CCC([C@@H]2Cc3c(ccc(O)c3O)[C@H](CN)O2)CC1. The maximum absolute atomic E-state index is 10.4. The second-order valence-electron chi connectivity index (χ2n) is 9.66. The Labute approximate surface area is 195 Å². The maximum atomic E-state index is 10.4. The summed E-state index contributed by atoms with van der Waals surface area (Å²) in [6, 6.07) is 11.9. The Kier molecular flexibility index (Phi) is 6.32. The number of aryl methyl sites for hydroxylation is 2. The molecule has 1 fully saturated rings. The van der Waals surface area contributed by atoms with Crippen LogP contribution in [0.1, 0.15) is 47.8 Å². The van der Waals surface area contributed by atoms with Crippen molar-refractivity contribution in [1.82, 2.24) is 9.88 Å². The molecule has 2 atom stereocenters. The van der Waals surface area contributed by atoms with Crippen molar-refractivity contribution in [3.63, 3.8) is 0 Å². The molecule has 0 bridgehead atoms. The minimum atomic E-state index is -0.220. The lowest BCUT2D eigenvalue weighted by atomic mass is 9.83. The van der Waals surface area contributed by atoms with Crippen LogP contribution in [0.15, 0.2) is 36.4 Å². The summed E-state index contributed by atoms with van der Waals surface area (Å²) in [5, 5.41) is 21.7. The molecule has 0 saturated carbocycles. The number of hydrogen-bond acceptors (Lipinski definition) is 5. The number of aromatic nitrogens is 1. The molecule has 0 amide bonds. The summed E-state index contributed by atoms with van der Waals surface area (Å²) in [6.45, 7) is 5.81. The van der Waals surface area contributed by atoms with Crippen LogP contribution in [0.5, 0.6) is 11.5 Å². The van der Waals surface area contributed by atoms with Gasteiger partial charge < -0.3 is 30.6 Å². The van der Waals surface area contributed by atoms with Crippen molar-refractivity contribution in [3.8, 4) is 11.5 Å². The highest BCUT2D eigenvalue weighted by molar-refractivity contribution is 5.84. The van der Waals surface area contributed by atoms with Gasteiger partial charge >= 0.3 is 0 Å². The monoisotopic (exact) mass is 449 g/mol. The summed E-state index contributed by atoms with van der Waals surface area (Å²) in [7, 11) is 0. The van der Waals surface area contributed by atoms with E-state index in [1.54, 1.807) is 0 Å². The number of hydrogen-bond donors (Lipinski definition) is 4. The Bertz CT molecular complexity index is 1120. The number of H-pyrrole nitrogens is 1. The Balaban J connectivity index is 1.16. The predicted octanol–water partition coefficient (Wildman–Crippen LogP) is 4.17. The number of aromatic amines is 1. The van der Waals surface area contributed by atoms with Crippen molar-refractivity contribution in [2.75, 3.05) is 26.2 Å². The van der Waals surface area contributed by atoms with Gasteiger partial charge in [-0.3, -0.25) is 0 Å². The van der Waals surface area contributed by atoms with Gasteiger partial charge in [-0.25, -0.2) is 0 Å². The lowest BCUT2D eigenvalue weighted by molar-refractivity contribution is -0.0647. The molecule has 0 unspecified atom stereocenters. The van der Waals surface area contributed by atoms with Gasteiger partial charge in [-0.15, -0.1) is 0 Å². The van der Waals surface area contributed by atoms with Crippen molar-refractivity contribution in [2.45, 2.75) is 51.2 Å². The first-order chi connectivity index (χ1) is 16.0. The number of ether oxygens (including phenoxy) is 1. The third kappa shape index (κ3) is 4.35. The fourth-order valence-corrected chi connectivity index (χ4v) is 5.83. The van der Waals surface area contributed by atoms with Crippen molar-refractivity contribution in [1.29, 1.82) is 0 Å². The first kappa shape index (κ1) is 22.3. The molecule has 6 nitrogen and oxygen atoms in total. The zero-order valence-corrected chi connectivity index (χ0v) is 19.4. The number of phenols is 2. The standard InChI is InChI=1S/C27H35N3O3/c1-17-19(20-5-2-3-7-23(20)29-17)6-4-12-30-13-10-18(11-14-30)25-15-22-21(26(16-28)33-25)8-9-24(31)27(22)32/h2-3,5,7-9,18,25-26,29,31-32H,4,6,10-16,28H2,1H3/t25-,26-/m0/s1. The molecular formula is C27H35N3O3. The molecule has 2 aliphatic rings.